The number of hydrogen-bond donors (Lipinski definition) is 2. The predicted octanol–water partition coefficient (Wildman–Crippen LogP) is 0.173. The lowest BCUT2D eigenvalue weighted by atomic mass is 9.97. The van der Waals surface area contributed by atoms with Crippen LogP contribution in [0.2, 0.25) is 0 Å². The second-order valence-electron chi connectivity index (χ2n) is 5.99. The Morgan fingerprint density at radius 2 is 2.14 bits per heavy atom. The second-order valence-corrected chi connectivity index (χ2v) is 5.99. The first-order valence-corrected chi connectivity index (χ1v) is 7.96. The van der Waals surface area contributed by atoms with Crippen molar-refractivity contribution in [1.82, 2.24) is 15.1 Å². The van der Waals surface area contributed by atoms with E-state index in [9.17, 15) is 9.59 Å². The maximum absolute atomic E-state index is 12.3. The van der Waals surface area contributed by atoms with Crippen molar-refractivity contribution in [2.45, 2.75) is 51.6 Å². The van der Waals surface area contributed by atoms with Crippen molar-refractivity contribution in [3.8, 4) is 0 Å². The summed E-state index contributed by atoms with van der Waals surface area (Å²) >= 11 is 0. The summed E-state index contributed by atoms with van der Waals surface area (Å²) in [6.45, 7) is 6.03. The van der Waals surface area contributed by atoms with Crippen LogP contribution in [-0.2, 0) is 9.59 Å². The molecule has 0 aromatic heterocycles. The van der Waals surface area contributed by atoms with Gasteiger partial charge in [-0.2, -0.15) is 0 Å². The van der Waals surface area contributed by atoms with Crippen molar-refractivity contribution in [3.05, 3.63) is 0 Å². The lowest BCUT2D eigenvalue weighted by Gasteiger charge is -2.38. The topological polar surface area (TPSA) is 78.7 Å². The smallest absolute Gasteiger partial charge is 0.239 e. The fourth-order valence-electron chi connectivity index (χ4n) is 2.73. The van der Waals surface area contributed by atoms with E-state index in [0.29, 0.717) is 13.1 Å². The van der Waals surface area contributed by atoms with Crippen molar-refractivity contribution in [2.24, 2.45) is 5.73 Å². The molecule has 2 unspecified atom stereocenters. The van der Waals surface area contributed by atoms with Crippen LogP contribution in [0.5, 0.6) is 0 Å². The minimum absolute atomic E-state index is 0.0193. The first-order valence-electron chi connectivity index (χ1n) is 7.96. The molecule has 6 heteroatoms. The Labute approximate surface area is 128 Å². The Kier molecular flexibility index (Phi) is 7.67. The van der Waals surface area contributed by atoms with Crippen LogP contribution in [0.4, 0.5) is 0 Å². The lowest BCUT2D eigenvalue weighted by molar-refractivity contribution is -0.136. The number of carbonyl (C=O) groups is 2. The molecule has 0 bridgehead atoms. The second kappa shape index (κ2) is 9.00. The van der Waals surface area contributed by atoms with E-state index in [1.54, 1.807) is 7.05 Å². The van der Waals surface area contributed by atoms with Gasteiger partial charge in [-0.1, -0.05) is 13.3 Å². The minimum atomic E-state index is -0.102. The zero-order chi connectivity index (χ0) is 15.8. The average molecular weight is 298 g/mol. The zero-order valence-electron chi connectivity index (χ0n) is 13.6. The number of nitrogens with one attached hydrogen (secondary N) is 1. The number of hydrogen-bond acceptors (Lipinski definition) is 4. The summed E-state index contributed by atoms with van der Waals surface area (Å²) in [6, 6.07) is 0.335. The summed E-state index contributed by atoms with van der Waals surface area (Å²) < 4.78 is 0. The van der Waals surface area contributed by atoms with E-state index in [4.69, 9.17) is 5.73 Å². The van der Waals surface area contributed by atoms with Gasteiger partial charge in [-0.05, 0) is 32.7 Å². The Morgan fingerprint density at radius 1 is 1.43 bits per heavy atom. The van der Waals surface area contributed by atoms with Crippen LogP contribution in [0, 0.1) is 0 Å². The summed E-state index contributed by atoms with van der Waals surface area (Å²) in [5, 5.41) is 2.78. The van der Waals surface area contributed by atoms with Crippen LogP contribution in [0.25, 0.3) is 0 Å². The molecule has 1 rings (SSSR count). The average Bonchev–Trinajstić information content (AvgIpc) is 2.45. The molecule has 1 aliphatic heterocycles. The minimum Gasteiger partial charge on any atom is -0.355 e. The highest BCUT2D eigenvalue weighted by Crippen LogP contribution is 2.18. The van der Waals surface area contributed by atoms with Gasteiger partial charge in [0.2, 0.25) is 11.8 Å². The first-order chi connectivity index (χ1) is 9.95. The molecule has 2 atom stereocenters. The number of piperidine rings is 1. The van der Waals surface area contributed by atoms with Crippen molar-refractivity contribution in [3.63, 3.8) is 0 Å². The predicted molar refractivity (Wildman–Crippen MR) is 83.8 cm³/mol. The lowest BCUT2D eigenvalue weighted by Crippen LogP contribution is -2.53. The molecule has 0 aliphatic carbocycles. The van der Waals surface area contributed by atoms with Gasteiger partial charge in [-0.3, -0.25) is 14.5 Å². The molecule has 2 amide bonds. The number of likely N-dealkylation sites (N-methyl/N-ethyl adjacent to an activating group) is 1. The molecular weight excluding hydrogens is 268 g/mol. The monoisotopic (exact) mass is 298 g/mol. The summed E-state index contributed by atoms with van der Waals surface area (Å²) in [4.78, 5) is 27.6. The Hall–Kier alpha value is -1.14. The molecule has 21 heavy (non-hydrogen) atoms. The molecule has 0 aromatic rings. The number of nitrogens with two attached hydrogens (primary N) is 1. The Balaban J connectivity index is 2.45. The number of rotatable bonds is 7. The molecule has 0 aromatic carbocycles. The number of carbonyl (C=O) groups excluding carboxylic acids is 2. The summed E-state index contributed by atoms with van der Waals surface area (Å²) in [5.41, 5.74) is 6.01. The van der Waals surface area contributed by atoms with E-state index in [-0.39, 0.29) is 30.4 Å². The molecule has 1 fully saturated rings. The molecule has 0 radical (unpaired) electrons. The highest BCUT2D eigenvalue weighted by molar-refractivity contribution is 5.85. The summed E-state index contributed by atoms with van der Waals surface area (Å²) in [7, 11) is 1.68. The third kappa shape index (κ3) is 6.01. The Bertz CT molecular complexity index is 347. The molecule has 1 aliphatic rings. The van der Waals surface area contributed by atoms with Crippen molar-refractivity contribution in [1.29, 1.82) is 0 Å². The highest BCUT2D eigenvalue weighted by atomic mass is 16.2. The van der Waals surface area contributed by atoms with Crippen LogP contribution in [-0.4, -0.2) is 66.9 Å². The number of nitrogens with zero attached hydrogens (tertiary/aromatic N) is 2. The Morgan fingerprint density at radius 3 is 2.76 bits per heavy atom. The fourth-order valence-corrected chi connectivity index (χ4v) is 2.73. The largest absolute Gasteiger partial charge is 0.355 e. The molecule has 1 heterocycles. The van der Waals surface area contributed by atoms with Crippen LogP contribution in [0.1, 0.15) is 39.5 Å². The first kappa shape index (κ1) is 17.9. The summed E-state index contributed by atoms with van der Waals surface area (Å²) in [5.74, 6) is -0.121. The van der Waals surface area contributed by atoms with E-state index in [1.165, 1.54) is 11.3 Å². The van der Waals surface area contributed by atoms with Gasteiger partial charge in [0.25, 0.3) is 0 Å². The van der Waals surface area contributed by atoms with Crippen molar-refractivity contribution < 1.29 is 9.59 Å². The number of likely N-dealkylation sites (tertiary alicyclic amines) is 1. The third-order valence-electron chi connectivity index (χ3n) is 3.99. The van der Waals surface area contributed by atoms with Gasteiger partial charge in [0, 0.05) is 25.7 Å². The fraction of sp³-hybridized carbons (Fsp3) is 0.867. The SMILES string of the molecule is CCCNC(=O)CN(C)C(=O)CN1CCCCC1C(C)N. The van der Waals surface area contributed by atoms with Crippen molar-refractivity contribution >= 4 is 11.8 Å². The summed E-state index contributed by atoms with van der Waals surface area (Å²) in [6.07, 6.45) is 4.22. The van der Waals surface area contributed by atoms with E-state index >= 15 is 0 Å². The third-order valence-corrected chi connectivity index (χ3v) is 3.99. The molecule has 1 saturated heterocycles. The van der Waals surface area contributed by atoms with Gasteiger partial charge >= 0.3 is 0 Å². The van der Waals surface area contributed by atoms with Gasteiger partial charge < -0.3 is 16.0 Å². The van der Waals surface area contributed by atoms with Crippen LogP contribution in [0.15, 0.2) is 0 Å². The standard InChI is InChI=1S/C15H30N4O2/c1-4-8-17-14(20)10-18(3)15(21)11-19-9-6-5-7-13(19)12(2)16/h12-13H,4-11,16H2,1-3H3,(H,17,20). The van der Waals surface area contributed by atoms with Crippen LogP contribution in [0.3, 0.4) is 0 Å². The van der Waals surface area contributed by atoms with E-state index in [1.807, 2.05) is 13.8 Å². The number of amides is 2. The quantitative estimate of drug-likeness (QED) is 0.702. The van der Waals surface area contributed by atoms with E-state index in [2.05, 4.69) is 10.2 Å². The van der Waals surface area contributed by atoms with Gasteiger partial charge in [0.05, 0.1) is 13.1 Å². The van der Waals surface area contributed by atoms with Crippen LogP contribution < -0.4 is 11.1 Å². The van der Waals surface area contributed by atoms with Crippen molar-refractivity contribution in [2.75, 3.05) is 33.2 Å². The van der Waals surface area contributed by atoms with Gasteiger partial charge in [0.1, 0.15) is 0 Å². The highest BCUT2D eigenvalue weighted by Gasteiger charge is 2.27. The van der Waals surface area contributed by atoms with Gasteiger partial charge in [0.15, 0.2) is 0 Å². The molecule has 3 N–H and O–H groups in total. The molecule has 122 valence electrons. The van der Waals surface area contributed by atoms with Gasteiger partial charge in [-0.25, -0.2) is 0 Å². The van der Waals surface area contributed by atoms with E-state index in [0.717, 1.165) is 25.8 Å². The van der Waals surface area contributed by atoms with E-state index < -0.39 is 0 Å². The maximum atomic E-state index is 12.3. The normalized spacial score (nSPS) is 20.9. The molecule has 0 saturated carbocycles. The molecule has 0 spiro atoms. The van der Waals surface area contributed by atoms with Gasteiger partial charge in [-0.15, -0.1) is 0 Å². The molecular formula is C15H30N4O2. The zero-order valence-corrected chi connectivity index (χ0v) is 13.6. The molecule has 6 nitrogen and oxygen atoms in total. The maximum Gasteiger partial charge on any atom is 0.239 e. The van der Waals surface area contributed by atoms with Crippen LogP contribution >= 0.6 is 0 Å².